The zero-order valence-corrected chi connectivity index (χ0v) is 15.8. The zero-order valence-electron chi connectivity index (χ0n) is 15.8. The Bertz CT molecular complexity index is 758. The van der Waals surface area contributed by atoms with Crippen LogP contribution in [0.5, 0.6) is 0 Å². The largest absolute Gasteiger partial charge is 0.349 e. The first-order chi connectivity index (χ1) is 12.0. The molecule has 1 amide bonds. The van der Waals surface area contributed by atoms with Gasteiger partial charge in [0.05, 0.1) is 17.4 Å². The SMILES string of the molecule is CCn1nc(C)c(C(C)NC(=O)CCc2n[nH]c3c2CCCC3)c1C. The van der Waals surface area contributed by atoms with Crippen LogP contribution in [0, 0.1) is 13.8 Å². The number of rotatable bonds is 6. The van der Waals surface area contributed by atoms with Crippen molar-refractivity contribution in [2.75, 3.05) is 0 Å². The highest BCUT2D eigenvalue weighted by atomic mass is 16.1. The van der Waals surface area contributed by atoms with E-state index in [0.29, 0.717) is 12.8 Å². The van der Waals surface area contributed by atoms with Crippen molar-refractivity contribution in [3.63, 3.8) is 0 Å². The Morgan fingerprint density at radius 2 is 2.08 bits per heavy atom. The number of H-pyrrole nitrogens is 1. The summed E-state index contributed by atoms with van der Waals surface area (Å²) in [4.78, 5) is 12.4. The van der Waals surface area contributed by atoms with Gasteiger partial charge in [-0.1, -0.05) is 0 Å². The van der Waals surface area contributed by atoms with Gasteiger partial charge in [-0.05, 0) is 58.9 Å². The molecule has 2 aromatic rings. The van der Waals surface area contributed by atoms with Gasteiger partial charge < -0.3 is 5.32 Å². The fraction of sp³-hybridized carbons (Fsp3) is 0.632. The molecule has 0 aromatic carbocycles. The summed E-state index contributed by atoms with van der Waals surface area (Å²) < 4.78 is 1.99. The second-order valence-electron chi connectivity index (χ2n) is 7.02. The summed E-state index contributed by atoms with van der Waals surface area (Å²) in [5, 5.41) is 15.2. The summed E-state index contributed by atoms with van der Waals surface area (Å²) in [5.41, 5.74) is 6.95. The van der Waals surface area contributed by atoms with Crippen LogP contribution in [-0.2, 0) is 30.6 Å². The molecule has 25 heavy (non-hydrogen) atoms. The lowest BCUT2D eigenvalue weighted by Crippen LogP contribution is -2.27. The van der Waals surface area contributed by atoms with E-state index in [9.17, 15) is 4.79 Å². The molecule has 1 atom stereocenters. The molecule has 0 saturated carbocycles. The van der Waals surface area contributed by atoms with Crippen LogP contribution < -0.4 is 5.32 Å². The average molecular weight is 343 g/mol. The van der Waals surface area contributed by atoms with Crippen molar-refractivity contribution in [3.8, 4) is 0 Å². The van der Waals surface area contributed by atoms with Crippen LogP contribution in [0.15, 0.2) is 0 Å². The van der Waals surface area contributed by atoms with Crippen LogP contribution in [0.25, 0.3) is 0 Å². The minimum Gasteiger partial charge on any atom is -0.349 e. The Hall–Kier alpha value is -2.11. The van der Waals surface area contributed by atoms with E-state index in [1.807, 2.05) is 18.5 Å². The summed E-state index contributed by atoms with van der Waals surface area (Å²) in [6, 6.07) is -0.0269. The first-order valence-electron chi connectivity index (χ1n) is 9.39. The molecule has 0 spiro atoms. The highest BCUT2D eigenvalue weighted by molar-refractivity contribution is 5.76. The van der Waals surface area contributed by atoms with Crippen molar-refractivity contribution in [2.24, 2.45) is 0 Å². The van der Waals surface area contributed by atoms with Gasteiger partial charge in [0.2, 0.25) is 5.91 Å². The third kappa shape index (κ3) is 3.62. The maximum Gasteiger partial charge on any atom is 0.220 e. The molecule has 0 aliphatic heterocycles. The molecule has 1 aliphatic rings. The topological polar surface area (TPSA) is 75.6 Å². The fourth-order valence-electron chi connectivity index (χ4n) is 4.02. The van der Waals surface area contributed by atoms with Gasteiger partial charge in [0, 0.05) is 36.3 Å². The van der Waals surface area contributed by atoms with E-state index in [1.165, 1.54) is 24.1 Å². The van der Waals surface area contributed by atoms with Crippen LogP contribution >= 0.6 is 0 Å². The van der Waals surface area contributed by atoms with Crippen molar-refractivity contribution >= 4 is 5.91 Å². The number of aryl methyl sites for hydroxylation is 4. The highest BCUT2D eigenvalue weighted by Crippen LogP contribution is 2.24. The molecule has 1 unspecified atom stereocenters. The molecule has 2 heterocycles. The number of carbonyl (C=O) groups is 1. The summed E-state index contributed by atoms with van der Waals surface area (Å²) in [6.45, 7) is 9.03. The number of nitrogens with zero attached hydrogens (tertiary/aromatic N) is 3. The number of nitrogens with one attached hydrogen (secondary N) is 2. The van der Waals surface area contributed by atoms with Gasteiger partial charge in [0.1, 0.15) is 0 Å². The van der Waals surface area contributed by atoms with E-state index in [4.69, 9.17) is 0 Å². The van der Waals surface area contributed by atoms with Gasteiger partial charge in [-0.2, -0.15) is 10.2 Å². The minimum absolute atomic E-state index is 0.0269. The lowest BCUT2D eigenvalue weighted by Gasteiger charge is -2.15. The predicted octanol–water partition coefficient (Wildman–Crippen LogP) is 2.93. The van der Waals surface area contributed by atoms with Crippen LogP contribution in [0.4, 0.5) is 0 Å². The third-order valence-corrected chi connectivity index (χ3v) is 5.28. The Morgan fingerprint density at radius 3 is 2.80 bits per heavy atom. The standard InChI is InChI=1S/C19H29N5O/c1-5-24-14(4)19(13(3)23-24)12(2)20-18(25)11-10-17-15-8-6-7-9-16(15)21-22-17/h12H,5-11H2,1-4H3,(H,20,25)(H,21,22). The fourth-order valence-corrected chi connectivity index (χ4v) is 4.02. The number of fused-ring (bicyclic) bond motifs is 1. The summed E-state index contributed by atoms with van der Waals surface area (Å²) in [6.07, 6.45) is 5.82. The zero-order chi connectivity index (χ0) is 18.0. The molecule has 0 radical (unpaired) electrons. The van der Waals surface area contributed by atoms with Crippen LogP contribution in [-0.4, -0.2) is 25.9 Å². The number of hydrogen-bond acceptors (Lipinski definition) is 3. The average Bonchev–Trinajstić information content (AvgIpc) is 3.13. The molecular formula is C19H29N5O. The maximum atomic E-state index is 12.4. The Morgan fingerprint density at radius 1 is 1.32 bits per heavy atom. The molecule has 6 nitrogen and oxygen atoms in total. The molecular weight excluding hydrogens is 314 g/mol. The van der Waals surface area contributed by atoms with Crippen molar-refractivity contribution in [2.45, 2.75) is 78.8 Å². The van der Waals surface area contributed by atoms with E-state index in [1.54, 1.807) is 0 Å². The van der Waals surface area contributed by atoms with Crippen LogP contribution in [0.3, 0.4) is 0 Å². The van der Waals surface area contributed by atoms with Crippen molar-refractivity contribution in [1.82, 2.24) is 25.3 Å². The number of carbonyl (C=O) groups excluding carboxylic acids is 1. The minimum atomic E-state index is -0.0269. The molecule has 2 aromatic heterocycles. The summed E-state index contributed by atoms with van der Waals surface area (Å²) in [7, 11) is 0. The lowest BCUT2D eigenvalue weighted by atomic mass is 9.94. The van der Waals surface area contributed by atoms with Gasteiger partial charge in [-0.3, -0.25) is 14.6 Å². The summed E-state index contributed by atoms with van der Waals surface area (Å²) in [5.74, 6) is 0.0723. The van der Waals surface area contributed by atoms with Crippen LogP contribution in [0.2, 0.25) is 0 Å². The Kier molecular flexibility index (Phi) is 5.25. The van der Waals surface area contributed by atoms with E-state index in [2.05, 4.69) is 34.5 Å². The first-order valence-corrected chi connectivity index (χ1v) is 9.39. The lowest BCUT2D eigenvalue weighted by molar-refractivity contribution is -0.121. The highest BCUT2D eigenvalue weighted by Gasteiger charge is 2.20. The van der Waals surface area contributed by atoms with Gasteiger partial charge >= 0.3 is 0 Å². The predicted molar refractivity (Wildman–Crippen MR) is 97.5 cm³/mol. The van der Waals surface area contributed by atoms with Crippen molar-refractivity contribution < 1.29 is 4.79 Å². The monoisotopic (exact) mass is 343 g/mol. The maximum absolute atomic E-state index is 12.4. The second kappa shape index (κ2) is 7.42. The van der Waals surface area contributed by atoms with E-state index in [-0.39, 0.29) is 11.9 Å². The second-order valence-corrected chi connectivity index (χ2v) is 7.02. The molecule has 136 valence electrons. The van der Waals surface area contributed by atoms with Gasteiger partial charge in [0.25, 0.3) is 0 Å². The van der Waals surface area contributed by atoms with E-state index >= 15 is 0 Å². The van der Waals surface area contributed by atoms with Crippen molar-refractivity contribution in [1.29, 1.82) is 0 Å². The molecule has 2 N–H and O–H groups in total. The molecule has 0 fully saturated rings. The molecule has 1 aliphatic carbocycles. The quantitative estimate of drug-likeness (QED) is 0.847. The van der Waals surface area contributed by atoms with Crippen molar-refractivity contribution in [3.05, 3.63) is 33.9 Å². The first kappa shape index (κ1) is 17.7. The van der Waals surface area contributed by atoms with Gasteiger partial charge in [-0.25, -0.2) is 0 Å². The Balaban J connectivity index is 1.59. The number of aromatic amines is 1. The summed E-state index contributed by atoms with van der Waals surface area (Å²) >= 11 is 0. The van der Waals surface area contributed by atoms with E-state index < -0.39 is 0 Å². The number of amides is 1. The molecule has 0 saturated heterocycles. The molecule has 3 rings (SSSR count). The van der Waals surface area contributed by atoms with Crippen LogP contribution in [0.1, 0.15) is 73.1 Å². The third-order valence-electron chi connectivity index (χ3n) is 5.28. The Labute approximate surface area is 149 Å². The number of hydrogen-bond donors (Lipinski definition) is 2. The van der Waals surface area contributed by atoms with Gasteiger partial charge in [0.15, 0.2) is 0 Å². The number of aromatic nitrogens is 4. The smallest absolute Gasteiger partial charge is 0.220 e. The van der Waals surface area contributed by atoms with E-state index in [0.717, 1.165) is 42.0 Å². The molecule has 0 bridgehead atoms. The van der Waals surface area contributed by atoms with Gasteiger partial charge in [-0.15, -0.1) is 0 Å². The normalized spacial score (nSPS) is 15.0. The molecule has 6 heteroatoms.